The number of hydrogen-bond donors (Lipinski definition) is 0. The average Bonchev–Trinajstić information content (AvgIpc) is 3.37. The van der Waals surface area contributed by atoms with Gasteiger partial charge in [0.2, 0.25) is 26.3 Å². The van der Waals surface area contributed by atoms with Gasteiger partial charge in [-0.05, 0) is 62.3 Å². The van der Waals surface area contributed by atoms with E-state index in [1.165, 1.54) is 14.2 Å². The highest BCUT2D eigenvalue weighted by molar-refractivity contribution is 7.94. The molecule has 0 aromatic heterocycles. The number of methoxy groups -OCH3 is 2. The fraction of sp³-hybridized carbons (Fsp3) is 0.200. The zero-order chi connectivity index (χ0) is 28.5. The second-order valence-corrected chi connectivity index (χ2v) is 13.5. The molecule has 8 nitrogen and oxygen atoms in total. The molecule has 1 aliphatic rings. The lowest BCUT2D eigenvalue weighted by molar-refractivity contribution is -0.358. The molecule has 4 rings (SSSR count). The normalized spacial score (nSPS) is 17.7. The van der Waals surface area contributed by atoms with Gasteiger partial charge in [0.15, 0.2) is 0 Å². The fourth-order valence-corrected chi connectivity index (χ4v) is 9.89. The minimum absolute atomic E-state index is 0.0294. The number of amidine groups is 1. The topological polar surface area (TPSA) is 116 Å². The van der Waals surface area contributed by atoms with Crippen LogP contribution in [-0.2, 0) is 19.0 Å². The standard InChI is InChI=1S/C30H30N2O6P2/c1-4-38-25(33)20-21-39-27(30(35)37-3)26(29(34)36-2)28(31-39)32-40(22-14-8-5-9-15-22,23-16-10-6-11-17-23)24-18-12-7-13-19-24/h5-19H,4,20-21H2,1-3H3. The van der Waals surface area contributed by atoms with Gasteiger partial charge in [0.25, 0.3) is 0 Å². The summed E-state index contributed by atoms with van der Waals surface area (Å²) in [6.45, 7) is 1.97. The van der Waals surface area contributed by atoms with Gasteiger partial charge in [-0.3, -0.25) is 4.79 Å². The second kappa shape index (κ2) is 13.4. The largest absolute Gasteiger partial charge is 0.616 e. The monoisotopic (exact) mass is 576 g/mol. The number of ether oxygens (including phenoxy) is 3. The number of benzene rings is 3. The summed E-state index contributed by atoms with van der Waals surface area (Å²) in [6.07, 6.45) is 0.229. The van der Waals surface area contributed by atoms with Crippen molar-refractivity contribution in [1.82, 2.24) is 0 Å². The van der Waals surface area contributed by atoms with Gasteiger partial charge >= 0.3 is 5.97 Å². The predicted molar refractivity (Wildman–Crippen MR) is 156 cm³/mol. The third-order valence-electron chi connectivity index (χ3n) is 6.17. The van der Waals surface area contributed by atoms with Crippen molar-refractivity contribution in [2.24, 2.45) is 9.51 Å². The van der Waals surface area contributed by atoms with Crippen molar-refractivity contribution in [2.75, 3.05) is 27.0 Å². The zero-order valence-corrected chi connectivity index (χ0v) is 24.3. The van der Waals surface area contributed by atoms with Crippen LogP contribution < -0.4 is 26.1 Å². The van der Waals surface area contributed by atoms with Crippen molar-refractivity contribution in [3.05, 3.63) is 114 Å². The van der Waals surface area contributed by atoms with Crippen LogP contribution in [0.3, 0.4) is 0 Å². The third-order valence-corrected chi connectivity index (χ3v) is 11.8. The Morgan fingerprint density at radius 2 is 1.30 bits per heavy atom. The summed E-state index contributed by atoms with van der Waals surface area (Å²) >= 11 is 0. The molecule has 206 valence electrons. The molecule has 40 heavy (non-hydrogen) atoms. The van der Waals surface area contributed by atoms with E-state index < -0.39 is 33.0 Å². The summed E-state index contributed by atoms with van der Waals surface area (Å²) < 4.78 is 25.5. The molecule has 0 saturated heterocycles. The Bertz CT molecular complexity index is 1360. The molecule has 0 radical (unpaired) electrons. The summed E-state index contributed by atoms with van der Waals surface area (Å²) in [4.78, 5) is 12.2. The zero-order valence-electron chi connectivity index (χ0n) is 22.5. The summed E-state index contributed by atoms with van der Waals surface area (Å²) in [5, 5.41) is 29.2. The highest BCUT2D eigenvalue weighted by atomic mass is 31.2. The molecule has 1 atom stereocenters. The van der Waals surface area contributed by atoms with Crippen molar-refractivity contribution in [3.63, 3.8) is 0 Å². The van der Waals surface area contributed by atoms with E-state index in [9.17, 15) is 15.0 Å². The number of carbonyl (C=O) groups is 1. The summed E-state index contributed by atoms with van der Waals surface area (Å²) in [5.74, 6) is -1.73. The van der Waals surface area contributed by atoms with Crippen molar-refractivity contribution in [3.8, 4) is 0 Å². The summed E-state index contributed by atoms with van der Waals surface area (Å²) in [6, 6.07) is 29.6. The second-order valence-electron chi connectivity index (χ2n) is 8.55. The van der Waals surface area contributed by atoms with E-state index in [-0.39, 0.29) is 35.9 Å². The lowest BCUT2D eigenvalue weighted by Gasteiger charge is -2.22. The molecule has 10 heteroatoms. The van der Waals surface area contributed by atoms with E-state index in [0.717, 1.165) is 15.9 Å². The molecule has 0 spiro atoms. The van der Waals surface area contributed by atoms with Gasteiger partial charge in [0.05, 0.1) is 19.0 Å². The Labute approximate surface area is 235 Å². The number of nitrogens with zero attached hydrogens (tertiary/aromatic N) is 2. The highest BCUT2D eigenvalue weighted by Crippen LogP contribution is 2.60. The number of hydrogen-bond acceptors (Lipinski definition) is 7. The first-order valence-electron chi connectivity index (χ1n) is 12.7. The van der Waals surface area contributed by atoms with Crippen LogP contribution in [0.5, 0.6) is 0 Å². The summed E-state index contributed by atoms with van der Waals surface area (Å²) in [5.41, 5.74) is -0.0310. The molecule has 0 fully saturated rings. The molecule has 1 aliphatic heterocycles. The Kier molecular flexibility index (Phi) is 9.70. The van der Waals surface area contributed by atoms with E-state index in [0.29, 0.717) is 0 Å². The molecule has 0 bridgehead atoms. The van der Waals surface area contributed by atoms with Crippen molar-refractivity contribution in [2.45, 2.75) is 13.3 Å². The van der Waals surface area contributed by atoms with Crippen LogP contribution >= 0.6 is 15.1 Å². The quantitative estimate of drug-likeness (QED) is 0.208. The molecule has 0 amide bonds. The van der Waals surface area contributed by atoms with Gasteiger partial charge < -0.3 is 24.4 Å². The van der Waals surface area contributed by atoms with E-state index in [1.807, 2.05) is 91.0 Å². The molecule has 3 aromatic carbocycles. The number of carbonyl (C=O) groups excluding carboxylic acids is 1. The van der Waals surface area contributed by atoms with Crippen LogP contribution in [0.1, 0.15) is 13.3 Å². The molecule has 0 aliphatic carbocycles. The van der Waals surface area contributed by atoms with Crippen LogP contribution in [0.15, 0.2) is 123 Å². The lowest BCUT2D eigenvalue weighted by atomic mass is 10.2. The van der Waals surface area contributed by atoms with Crippen molar-refractivity contribution >= 4 is 42.8 Å². The smallest absolute Gasteiger partial charge is 0.310 e. The molecular formula is C30H30N2O6P2. The van der Waals surface area contributed by atoms with Crippen LogP contribution in [-0.4, -0.2) is 38.8 Å². The highest BCUT2D eigenvalue weighted by Gasteiger charge is 2.50. The molecule has 3 aromatic rings. The van der Waals surface area contributed by atoms with Crippen molar-refractivity contribution in [1.29, 1.82) is 0 Å². The molecule has 1 unspecified atom stereocenters. The fourth-order valence-electron chi connectivity index (χ4n) is 4.40. The predicted octanol–water partition coefficient (Wildman–Crippen LogP) is 3.32. The summed E-state index contributed by atoms with van der Waals surface area (Å²) in [7, 11) is -1.98. The van der Waals surface area contributed by atoms with Gasteiger partial charge in [-0.1, -0.05) is 59.4 Å². The molecular weight excluding hydrogens is 546 g/mol. The maximum atomic E-state index is 13.2. The van der Waals surface area contributed by atoms with Gasteiger partial charge in [0.1, 0.15) is 33.6 Å². The molecule has 0 N–H and O–H groups in total. The van der Waals surface area contributed by atoms with E-state index in [1.54, 1.807) is 6.92 Å². The maximum absolute atomic E-state index is 13.2. The van der Waals surface area contributed by atoms with Crippen LogP contribution in [0.25, 0.3) is 0 Å². The average molecular weight is 577 g/mol. The van der Waals surface area contributed by atoms with Crippen LogP contribution in [0.4, 0.5) is 0 Å². The van der Waals surface area contributed by atoms with Gasteiger partial charge in [-0.15, -0.1) is 0 Å². The lowest BCUT2D eigenvalue weighted by Crippen LogP contribution is -2.30. The van der Waals surface area contributed by atoms with E-state index >= 15 is 0 Å². The minimum atomic E-state index is -2.81. The van der Waals surface area contributed by atoms with Gasteiger partial charge in [-0.25, -0.2) is 0 Å². The Hall–Kier alpha value is -3.99. The number of esters is 1. The van der Waals surface area contributed by atoms with Gasteiger partial charge in [-0.2, -0.15) is 0 Å². The number of rotatable bonds is 10. The van der Waals surface area contributed by atoms with Crippen molar-refractivity contribution < 1.29 is 29.2 Å². The molecule has 0 saturated carbocycles. The van der Waals surface area contributed by atoms with Crippen LogP contribution in [0, 0.1) is 0 Å². The van der Waals surface area contributed by atoms with Gasteiger partial charge in [0, 0.05) is 0 Å². The maximum Gasteiger partial charge on any atom is 0.310 e. The molecule has 1 heterocycles. The van der Waals surface area contributed by atoms with E-state index in [4.69, 9.17) is 23.7 Å². The van der Waals surface area contributed by atoms with E-state index in [2.05, 4.69) is 0 Å². The Morgan fingerprint density at radius 3 is 1.73 bits per heavy atom. The Morgan fingerprint density at radius 1 is 0.825 bits per heavy atom. The van der Waals surface area contributed by atoms with Crippen LogP contribution in [0.2, 0.25) is 0 Å². The first kappa shape index (κ1) is 29.0. The Balaban J connectivity index is 2.05. The SMILES string of the molecule is CCOC(=O)CC[P+]1=NC(=N[P+](c2ccccc2)(c2ccccc2)c2ccccc2)C(=C(/[O-])OC)/C1=C(\[O-])OC. The first-order valence-corrected chi connectivity index (χ1v) is 15.9. The third kappa shape index (κ3) is 5.94. The minimum Gasteiger partial charge on any atom is -0.616 e. The first-order chi connectivity index (χ1) is 19.5.